The van der Waals surface area contributed by atoms with Gasteiger partial charge in [-0.3, -0.25) is 4.79 Å². The van der Waals surface area contributed by atoms with Gasteiger partial charge in [-0.25, -0.2) is 0 Å². The van der Waals surface area contributed by atoms with Gasteiger partial charge in [-0.2, -0.15) is 0 Å². The first kappa shape index (κ1) is 20.4. The molecule has 2 aromatic heterocycles. The molecule has 9 rings (SSSR count). The lowest BCUT2D eigenvalue weighted by Gasteiger charge is -2.47. The van der Waals surface area contributed by atoms with Crippen LogP contribution in [0.3, 0.4) is 0 Å². The van der Waals surface area contributed by atoms with Crippen molar-refractivity contribution in [1.29, 1.82) is 0 Å². The van der Waals surface area contributed by atoms with Crippen molar-refractivity contribution in [1.82, 2.24) is 14.5 Å². The monoisotopic (exact) mass is 511 g/mol. The Labute approximate surface area is 215 Å². The van der Waals surface area contributed by atoms with Crippen LogP contribution in [-0.2, 0) is 31.2 Å². The van der Waals surface area contributed by atoms with E-state index < -0.39 is 30.3 Å². The number of nitrogens with one attached hydrogen (secondary N) is 1. The minimum absolute atomic E-state index is 0.0507. The molecule has 2 saturated heterocycles. The first-order valence-corrected chi connectivity index (χ1v) is 12.8. The van der Waals surface area contributed by atoms with E-state index in [4.69, 9.17) is 31.2 Å². The Morgan fingerprint density at radius 3 is 2.49 bits per heavy atom. The number of ether oxygens (including phenoxy) is 4. The van der Waals surface area contributed by atoms with Gasteiger partial charge < -0.3 is 33.4 Å². The topological polar surface area (TPSA) is 75.9 Å². The standard InChI is InChI=1S/C28H21N3O5S/c1-28-24(33-2)22-23(35-27(37)34-22)26(36-28)30-15-9-5-3-7-12(15)18-19-14(11-29-25(19)32)17-13-8-4-6-10-16(13)31(28)21(17)20(18)30/h3-10,22-24,26H,11H2,1-2H3,(H,29,32)/t22-,23+,24+,26+,28-/m0/s1. The number of benzene rings is 3. The summed E-state index contributed by atoms with van der Waals surface area (Å²) >= 11 is 5.38. The van der Waals surface area contributed by atoms with Crippen molar-refractivity contribution in [3.63, 3.8) is 0 Å². The van der Waals surface area contributed by atoms with Crippen LogP contribution in [0.5, 0.6) is 0 Å². The van der Waals surface area contributed by atoms with Gasteiger partial charge in [-0.15, -0.1) is 0 Å². The van der Waals surface area contributed by atoms with Crippen LogP contribution >= 0.6 is 12.2 Å². The first-order valence-electron chi connectivity index (χ1n) is 12.4. The molecule has 4 aliphatic rings. The van der Waals surface area contributed by atoms with Crippen molar-refractivity contribution in [2.45, 2.75) is 43.7 Å². The van der Waals surface area contributed by atoms with Crippen LogP contribution in [0.1, 0.15) is 29.1 Å². The lowest BCUT2D eigenvalue weighted by Crippen LogP contribution is -2.61. The summed E-state index contributed by atoms with van der Waals surface area (Å²) in [6.45, 7) is 2.53. The molecule has 0 spiro atoms. The largest absolute Gasteiger partial charge is 0.446 e. The van der Waals surface area contributed by atoms with E-state index in [0.29, 0.717) is 6.54 Å². The van der Waals surface area contributed by atoms with Gasteiger partial charge in [-0.1, -0.05) is 36.4 Å². The number of carbonyl (C=O) groups is 1. The lowest BCUT2D eigenvalue weighted by atomic mass is 9.93. The molecule has 8 nitrogen and oxygen atoms in total. The van der Waals surface area contributed by atoms with Crippen LogP contribution in [0.4, 0.5) is 0 Å². The SMILES string of the molecule is CO[C@@H]1[C@H]2OC(=S)O[C@H]2[C@H]2O[C@]1(C)n1c3ccccc3c3c4c(c5c6ccccc6n2c5c31)C(=O)NC4. The fraction of sp³-hybridized carbons (Fsp3) is 0.286. The predicted octanol–water partition coefficient (Wildman–Crippen LogP) is 4.44. The van der Waals surface area contributed by atoms with Crippen molar-refractivity contribution in [3.8, 4) is 0 Å². The maximum atomic E-state index is 13.4. The van der Waals surface area contributed by atoms with Crippen molar-refractivity contribution in [3.05, 3.63) is 59.7 Å². The smallest absolute Gasteiger partial charge is 0.353 e. The maximum absolute atomic E-state index is 13.4. The zero-order valence-electron chi connectivity index (χ0n) is 20.0. The number of para-hydroxylation sites is 2. The van der Waals surface area contributed by atoms with Crippen LogP contribution in [0.15, 0.2) is 48.5 Å². The number of nitrogens with zero attached hydrogens (tertiary/aromatic N) is 2. The Kier molecular flexibility index (Phi) is 3.54. The molecule has 37 heavy (non-hydrogen) atoms. The number of carbonyl (C=O) groups excluding carboxylic acids is 1. The fourth-order valence-corrected chi connectivity index (χ4v) is 7.68. The summed E-state index contributed by atoms with van der Waals surface area (Å²) in [6, 6.07) is 16.5. The molecule has 0 unspecified atom stereocenters. The third-order valence-electron chi connectivity index (χ3n) is 8.72. The maximum Gasteiger partial charge on any atom is 0.353 e. The van der Waals surface area contributed by atoms with E-state index >= 15 is 0 Å². The van der Waals surface area contributed by atoms with Gasteiger partial charge in [0.2, 0.25) is 0 Å². The molecule has 0 saturated carbocycles. The second kappa shape index (κ2) is 6.42. The van der Waals surface area contributed by atoms with E-state index in [2.05, 4.69) is 45.6 Å². The Morgan fingerprint density at radius 2 is 1.70 bits per heavy atom. The molecule has 4 aliphatic heterocycles. The van der Waals surface area contributed by atoms with Gasteiger partial charge in [0.05, 0.1) is 27.6 Å². The number of methoxy groups -OCH3 is 1. The zero-order chi connectivity index (χ0) is 24.8. The van der Waals surface area contributed by atoms with Gasteiger partial charge in [0.15, 0.2) is 24.2 Å². The van der Waals surface area contributed by atoms with Crippen LogP contribution in [0, 0.1) is 0 Å². The quantitative estimate of drug-likeness (QED) is 0.335. The predicted molar refractivity (Wildman–Crippen MR) is 141 cm³/mol. The normalized spacial score (nSPS) is 29.6. The average Bonchev–Trinajstić information content (AvgIpc) is 3.62. The highest BCUT2D eigenvalue weighted by atomic mass is 32.1. The summed E-state index contributed by atoms with van der Waals surface area (Å²) in [7, 11) is 1.67. The van der Waals surface area contributed by atoms with E-state index in [1.54, 1.807) is 7.11 Å². The second-order valence-corrected chi connectivity index (χ2v) is 10.7. The highest BCUT2D eigenvalue weighted by Gasteiger charge is 2.62. The van der Waals surface area contributed by atoms with Gasteiger partial charge in [-0.05, 0) is 24.6 Å². The molecule has 0 radical (unpaired) electrons. The molecule has 1 amide bonds. The average molecular weight is 512 g/mol. The molecule has 9 heteroatoms. The van der Waals surface area contributed by atoms with Crippen LogP contribution < -0.4 is 5.32 Å². The third-order valence-corrected chi connectivity index (χ3v) is 8.92. The number of thiocarbonyl (C=S) groups is 1. The van der Waals surface area contributed by atoms with Crippen LogP contribution in [-0.4, -0.2) is 45.7 Å². The summed E-state index contributed by atoms with van der Waals surface area (Å²) in [5, 5.41) is 7.27. The molecule has 184 valence electrons. The van der Waals surface area contributed by atoms with Gasteiger partial charge in [0, 0.05) is 47.4 Å². The fourth-order valence-electron chi connectivity index (χ4n) is 7.46. The summed E-state index contributed by atoms with van der Waals surface area (Å²) in [5.41, 5.74) is 4.76. The summed E-state index contributed by atoms with van der Waals surface area (Å²) in [5.74, 6) is -0.0507. The van der Waals surface area contributed by atoms with Gasteiger partial charge >= 0.3 is 5.24 Å². The molecule has 5 aromatic rings. The molecule has 5 atom stereocenters. The first-order chi connectivity index (χ1) is 18.0. The number of hydrogen-bond donors (Lipinski definition) is 1. The molecule has 2 fully saturated rings. The molecule has 2 bridgehead atoms. The summed E-state index contributed by atoms with van der Waals surface area (Å²) in [4.78, 5) is 13.4. The van der Waals surface area contributed by atoms with Gasteiger partial charge in [0.25, 0.3) is 5.91 Å². The second-order valence-electron chi connectivity index (χ2n) is 10.4. The Balaban J connectivity index is 1.61. The number of fused-ring (bicyclic) bond motifs is 15. The summed E-state index contributed by atoms with van der Waals surface area (Å²) in [6.07, 6.45) is -2.06. The molecule has 1 N–H and O–H groups in total. The van der Waals surface area contributed by atoms with E-state index in [0.717, 1.165) is 54.7 Å². The van der Waals surface area contributed by atoms with E-state index in [1.807, 2.05) is 24.3 Å². The zero-order valence-corrected chi connectivity index (χ0v) is 20.8. The Morgan fingerprint density at radius 1 is 1.00 bits per heavy atom. The molecule has 0 aliphatic carbocycles. The molecular weight excluding hydrogens is 490 g/mol. The molecule has 6 heterocycles. The highest BCUT2D eigenvalue weighted by Crippen LogP contribution is 2.55. The van der Waals surface area contributed by atoms with Crippen molar-refractivity contribution < 1.29 is 23.7 Å². The Hall–Kier alpha value is -3.66. The van der Waals surface area contributed by atoms with Crippen LogP contribution in [0.25, 0.3) is 43.6 Å². The minimum atomic E-state index is -0.956. The molecule has 3 aromatic carbocycles. The Bertz CT molecular complexity index is 1910. The number of aromatic nitrogens is 2. The number of amides is 1. The van der Waals surface area contributed by atoms with E-state index in [9.17, 15) is 4.79 Å². The highest BCUT2D eigenvalue weighted by molar-refractivity contribution is 7.79. The van der Waals surface area contributed by atoms with E-state index in [1.165, 1.54) is 0 Å². The number of hydrogen-bond acceptors (Lipinski definition) is 6. The lowest BCUT2D eigenvalue weighted by molar-refractivity contribution is -0.292. The van der Waals surface area contributed by atoms with Crippen LogP contribution in [0.2, 0.25) is 0 Å². The third kappa shape index (κ3) is 2.13. The molecular formula is C28H21N3O5S. The minimum Gasteiger partial charge on any atom is -0.446 e. The van der Waals surface area contributed by atoms with Crippen molar-refractivity contribution >= 4 is 67.0 Å². The van der Waals surface area contributed by atoms with E-state index in [-0.39, 0.29) is 11.1 Å². The van der Waals surface area contributed by atoms with Crippen molar-refractivity contribution in [2.24, 2.45) is 0 Å². The van der Waals surface area contributed by atoms with Crippen molar-refractivity contribution in [2.75, 3.05) is 7.11 Å². The number of rotatable bonds is 1. The van der Waals surface area contributed by atoms with Gasteiger partial charge in [0.1, 0.15) is 6.10 Å². The summed E-state index contributed by atoms with van der Waals surface area (Å²) < 4.78 is 29.9.